The largest absolute Gasteiger partial charge is 0.497 e. The number of anilines is 1. The Bertz CT molecular complexity index is 1290. The van der Waals surface area contributed by atoms with Gasteiger partial charge in [-0.1, -0.05) is 30.0 Å². The predicted molar refractivity (Wildman–Crippen MR) is 124 cm³/mol. The lowest BCUT2D eigenvalue weighted by molar-refractivity contribution is -0.113. The molecule has 0 saturated heterocycles. The summed E-state index contributed by atoms with van der Waals surface area (Å²) in [6.07, 6.45) is 0. The van der Waals surface area contributed by atoms with Crippen molar-refractivity contribution in [2.24, 2.45) is 0 Å². The van der Waals surface area contributed by atoms with E-state index in [4.69, 9.17) is 4.74 Å². The first-order valence-corrected chi connectivity index (χ1v) is 11.0. The minimum absolute atomic E-state index is 0.00105. The fourth-order valence-corrected chi connectivity index (χ4v) is 3.89. The molecule has 3 aromatic carbocycles. The number of amides is 1. The van der Waals surface area contributed by atoms with Crippen molar-refractivity contribution in [1.29, 1.82) is 0 Å². The summed E-state index contributed by atoms with van der Waals surface area (Å²) in [5.41, 5.74) is 1.83. The highest BCUT2D eigenvalue weighted by Gasteiger charge is 2.19. The lowest BCUT2D eigenvalue weighted by Gasteiger charge is -2.12. The maximum atomic E-state index is 14.5. The number of ether oxygens (including phenoxy) is 1. The van der Waals surface area contributed by atoms with Gasteiger partial charge in [0, 0.05) is 5.69 Å². The van der Waals surface area contributed by atoms with E-state index in [9.17, 15) is 13.6 Å². The molecule has 4 aromatic rings. The number of hydrogen-bond acceptors (Lipinski definition) is 5. The molecule has 0 fully saturated rings. The highest BCUT2D eigenvalue weighted by Crippen LogP contribution is 2.30. The van der Waals surface area contributed by atoms with E-state index < -0.39 is 11.6 Å². The van der Waals surface area contributed by atoms with Gasteiger partial charge in [0.05, 0.1) is 24.1 Å². The molecule has 0 radical (unpaired) electrons. The zero-order valence-electron chi connectivity index (χ0n) is 17.9. The molecule has 9 heteroatoms. The molecule has 0 unspecified atom stereocenters. The number of rotatable bonds is 7. The number of aryl methyl sites for hydroxylation is 1. The van der Waals surface area contributed by atoms with Gasteiger partial charge < -0.3 is 10.1 Å². The lowest BCUT2D eigenvalue weighted by Crippen LogP contribution is -2.14. The van der Waals surface area contributed by atoms with E-state index in [0.717, 1.165) is 11.8 Å². The van der Waals surface area contributed by atoms with Gasteiger partial charge in [-0.2, -0.15) is 0 Å². The molecule has 0 spiro atoms. The second kappa shape index (κ2) is 9.83. The van der Waals surface area contributed by atoms with Gasteiger partial charge in [-0.05, 0) is 61.0 Å². The summed E-state index contributed by atoms with van der Waals surface area (Å²) in [7, 11) is 1.57. The van der Waals surface area contributed by atoms with Crippen molar-refractivity contribution in [2.75, 3.05) is 18.2 Å². The van der Waals surface area contributed by atoms with Crippen molar-refractivity contribution in [3.05, 3.63) is 83.9 Å². The van der Waals surface area contributed by atoms with E-state index in [1.807, 2.05) is 0 Å². The Labute approximate surface area is 193 Å². The first kappa shape index (κ1) is 22.5. The molecule has 1 N–H and O–H groups in total. The number of halogens is 2. The first-order valence-electron chi connectivity index (χ1n) is 10.00. The summed E-state index contributed by atoms with van der Waals surface area (Å²) < 4.78 is 35.2. The van der Waals surface area contributed by atoms with Crippen molar-refractivity contribution < 1.29 is 18.3 Å². The number of carbonyl (C=O) groups is 1. The highest BCUT2D eigenvalue weighted by molar-refractivity contribution is 7.99. The van der Waals surface area contributed by atoms with Crippen LogP contribution in [0.5, 0.6) is 5.75 Å². The zero-order valence-corrected chi connectivity index (χ0v) is 18.7. The second-order valence-corrected chi connectivity index (χ2v) is 8.06. The topological polar surface area (TPSA) is 69.0 Å². The molecule has 0 aliphatic carbocycles. The van der Waals surface area contributed by atoms with E-state index in [-0.39, 0.29) is 17.2 Å². The Hall–Kier alpha value is -3.72. The van der Waals surface area contributed by atoms with Gasteiger partial charge in [0.2, 0.25) is 5.91 Å². The lowest BCUT2D eigenvalue weighted by atomic mass is 10.2. The minimum atomic E-state index is -0.435. The van der Waals surface area contributed by atoms with E-state index in [0.29, 0.717) is 33.7 Å². The summed E-state index contributed by atoms with van der Waals surface area (Å²) >= 11 is 1.14. The number of benzene rings is 3. The zero-order chi connectivity index (χ0) is 23.4. The van der Waals surface area contributed by atoms with Gasteiger partial charge in [0.1, 0.15) is 17.4 Å². The molecule has 0 aliphatic heterocycles. The molecular weight excluding hydrogens is 446 g/mol. The Morgan fingerprint density at radius 1 is 1.03 bits per heavy atom. The Balaban J connectivity index is 1.61. The van der Waals surface area contributed by atoms with Crippen LogP contribution in [0.3, 0.4) is 0 Å². The van der Waals surface area contributed by atoms with Crippen LogP contribution in [0.25, 0.3) is 17.1 Å². The fraction of sp³-hybridized carbons (Fsp3) is 0.125. The molecule has 33 heavy (non-hydrogen) atoms. The molecule has 0 atom stereocenters. The van der Waals surface area contributed by atoms with Crippen LogP contribution in [-0.4, -0.2) is 33.5 Å². The van der Waals surface area contributed by atoms with Crippen LogP contribution in [-0.2, 0) is 4.79 Å². The Morgan fingerprint density at radius 2 is 1.79 bits per heavy atom. The monoisotopic (exact) mass is 466 g/mol. The third kappa shape index (κ3) is 5.04. The van der Waals surface area contributed by atoms with Crippen LogP contribution in [0.2, 0.25) is 0 Å². The smallest absolute Gasteiger partial charge is 0.234 e. The number of hydrogen-bond donors (Lipinski definition) is 1. The van der Waals surface area contributed by atoms with Crippen LogP contribution >= 0.6 is 11.8 Å². The van der Waals surface area contributed by atoms with E-state index in [1.165, 1.54) is 12.1 Å². The molecule has 1 aromatic heterocycles. The number of nitrogens with zero attached hydrogens (tertiary/aromatic N) is 3. The number of methoxy groups -OCH3 is 1. The molecule has 0 bridgehead atoms. The first-order chi connectivity index (χ1) is 16.0. The third-order valence-electron chi connectivity index (χ3n) is 4.87. The standard InChI is InChI=1S/C24H20F2N4O2S/c1-15-7-8-16(13-21(15)26)27-22(31)14-33-24-29-28-23(19-5-3-4-6-20(19)25)30(24)17-9-11-18(32-2)12-10-17/h3-13H,14H2,1-2H3,(H,27,31). The summed E-state index contributed by atoms with van der Waals surface area (Å²) in [5.74, 6) is -0.189. The van der Waals surface area contributed by atoms with Crippen molar-refractivity contribution >= 4 is 23.4 Å². The van der Waals surface area contributed by atoms with Gasteiger partial charge in [0.15, 0.2) is 11.0 Å². The number of aromatic nitrogens is 3. The van der Waals surface area contributed by atoms with Crippen LogP contribution in [0, 0.1) is 18.6 Å². The minimum Gasteiger partial charge on any atom is -0.497 e. The Morgan fingerprint density at radius 3 is 2.48 bits per heavy atom. The van der Waals surface area contributed by atoms with Gasteiger partial charge in [0.25, 0.3) is 0 Å². The van der Waals surface area contributed by atoms with Gasteiger partial charge >= 0.3 is 0 Å². The van der Waals surface area contributed by atoms with Crippen LogP contribution < -0.4 is 10.1 Å². The molecule has 1 amide bonds. The molecule has 4 rings (SSSR count). The van der Waals surface area contributed by atoms with Gasteiger partial charge in [-0.15, -0.1) is 10.2 Å². The van der Waals surface area contributed by atoms with E-state index in [2.05, 4.69) is 15.5 Å². The molecule has 0 aliphatic rings. The van der Waals surface area contributed by atoms with Crippen LogP contribution in [0.15, 0.2) is 71.9 Å². The summed E-state index contributed by atoms with van der Waals surface area (Å²) in [4.78, 5) is 12.5. The highest BCUT2D eigenvalue weighted by atomic mass is 32.2. The van der Waals surface area contributed by atoms with Crippen molar-refractivity contribution in [3.63, 3.8) is 0 Å². The summed E-state index contributed by atoms with van der Waals surface area (Å²) in [6.45, 7) is 1.65. The molecule has 1 heterocycles. The predicted octanol–water partition coefficient (Wildman–Crippen LogP) is 5.26. The number of carbonyl (C=O) groups excluding carboxylic acids is 1. The molecule has 168 valence electrons. The second-order valence-electron chi connectivity index (χ2n) is 7.12. The summed E-state index contributed by atoms with van der Waals surface area (Å²) in [5, 5.41) is 11.5. The maximum absolute atomic E-state index is 14.5. The molecule has 6 nitrogen and oxygen atoms in total. The number of thioether (sulfide) groups is 1. The van der Waals surface area contributed by atoms with Crippen molar-refractivity contribution in [2.45, 2.75) is 12.1 Å². The van der Waals surface area contributed by atoms with E-state index >= 15 is 0 Å². The fourth-order valence-electron chi connectivity index (χ4n) is 3.14. The van der Waals surface area contributed by atoms with Gasteiger partial charge in [-0.3, -0.25) is 9.36 Å². The van der Waals surface area contributed by atoms with E-state index in [1.54, 1.807) is 73.2 Å². The van der Waals surface area contributed by atoms with Crippen molar-refractivity contribution in [1.82, 2.24) is 14.8 Å². The van der Waals surface area contributed by atoms with Crippen LogP contribution in [0.4, 0.5) is 14.5 Å². The third-order valence-corrected chi connectivity index (χ3v) is 5.80. The van der Waals surface area contributed by atoms with Crippen LogP contribution in [0.1, 0.15) is 5.56 Å². The Kier molecular flexibility index (Phi) is 6.69. The average molecular weight is 467 g/mol. The SMILES string of the molecule is COc1ccc(-n2c(SCC(=O)Nc3ccc(C)c(F)c3)nnc2-c2ccccc2F)cc1. The average Bonchev–Trinajstić information content (AvgIpc) is 3.24. The quantitative estimate of drug-likeness (QED) is 0.376. The normalized spacial score (nSPS) is 10.8. The molecular formula is C24H20F2N4O2S. The number of nitrogens with one attached hydrogen (secondary N) is 1. The maximum Gasteiger partial charge on any atom is 0.234 e. The van der Waals surface area contributed by atoms with Gasteiger partial charge in [-0.25, -0.2) is 8.78 Å². The molecule has 0 saturated carbocycles. The summed E-state index contributed by atoms with van der Waals surface area (Å²) in [6, 6.07) is 17.9. The van der Waals surface area contributed by atoms with Crippen molar-refractivity contribution in [3.8, 4) is 22.8 Å².